The average molecular weight is 513 g/mol. The highest BCUT2D eigenvalue weighted by molar-refractivity contribution is 9.10. The summed E-state index contributed by atoms with van der Waals surface area (Å²) >= 11 is 10.2. The second-order valence-electron chi connectivity index (χ2n) is 5.28. The fourth-order valence-corrected chi connectivity index (χ4v) is 4.81. The zero-order chi connectivity index (χ0) is 20.7. The Labute approximate surface area is 179 Å². The van der Waals surface area contributed by atoms with Gasteiger partial charge in [0.2, 0.25) is 10.0 Å². The Bertz CT molecular complexity index is 918. The summed E-state index contributed by atoms with van der Waals surface area (Å²) in [5, 5.41) is 0.445. The van der Waals surface area contributed by atoms with Crippen LogP contribution in [0.4, 0.5) is 4.39 Å². The number of esters is 1. The van der Waals surface area contributed by atoms with Crippen LogP contribution < -0.4 is 9.46 Å². The van der Waals surface area contributed by atoms with Crippen molar-refractivity contribution in [1.29, 1.82) is 0 Å². The third-order valence-corrected chi connectivity index (χ3v) is 6.62. The molecule has 2 aromatic carbocycles. The zero-order valence-corrected chi connectivity index (χ0v) is 18.6. The summed E-state index contributed by atoms with van der Waals surface area (Å²) in [5.41, 5.74) is 0. The molecule has 2 aromatic rings. The van der Waals surface area contributed by atoms with Crippen molar-refractivity contribution >= 4 is 55.3 Å². The van der Waals surface area contributed by atoms with Crippen molar-refractivity contribution < 1.29 is 27.1 Å². The van der Waals surface area contributed by atoms with Crippen LogP contribution in [0.2, 0.25) is 5.02 Å². The standard InChI is InChI=1S/C17H16BrClFNO5S2/c1-25-16(22)10-26-17-14(18)8-12(9-15(17)20)27-7-6-21-28(23,24)13-4-2-11(19)3-5-13/h2-5,8-9,21H,6-7,10H2,1H3. The van der Waals surface area contributed by atoms with Gasteiger partial charge in [0, 0.05) is 22.2 Å². The maximum Gasteiger partial charge on any atom is 0.343 e. The number of sulfonamides is 1. The van der Waals surface area contributed by atoms with Gasteiger partial charge in [0.1, 0.15) is 0 Å². The molecule has 0 heterocycles. The lowest BCUT2D eigenvalue weighted by Crippen LogP contribution is -2.25. The topological polar surface area (TPSA) is 81.7 Å². The largest absolute Gasteiger partial charge is 0.478 e. The van der Waals surface area contributed by atoms with Gasteiger partial charge in [0.25, 0.3) is 0 Å². The highest BCUT2D eigenvalue weighted by Gasteiger charge is 2.15. The lowest BCUT2D eigenvalue weighted by atomic mass is 10.3. The van der Waals surface area contributed by atoms with Crippen LogP contribution in [0.1, 0.15) is 0 Å². The van der Waals surface area contributed by atoms with Gasteiger partial charge in [-0.1, -0.05) is 11.6 Å². The van der Waals surface area contributed by atoms with Gasteiger partial charge in [-0.25, -0.2) is 22.3 Å². The maximum atomic E-state index is 14.2. The van der Waals surface area contributed by atoms with E-state index in [-0.39, 0.29) is 17.2 Å². The molecule has 1 N–H and O–H groups in total. The molecule has 0 unspecified atom stereocenters. The predicted octanol–water partition coefficient (Wildman–Crippen LogP) is 3.86. The molecule has 0 saturated carbocycles. The highest BCUT2D eigenvalue weighted by Crippen LogP contribution is 2.33. The van der Waals surface area contributed by atoms with Crippen molar-refractivity contribution in [2.75, 3.05) is 26.0 Å². The minimum absolute atomic E-state index is 0.0989. The van der Waals surface area contributed by atoms with E-state index in [1.807, 2.05) is 0 Å². The van der Waals surface area contributed by atoms with Crippen LogP contribution in [-0.2, 0) is 19.6 Å². The Balaban J connectivity index is 1.90. The summed E-state index contributed by atoms with van der Waals surface area (Å²) in [5.74, 6) is -1.00. The van der Waals surface area contributed by atoms with Crippen LogP contribution >= 0.6 is 39.3 Å². The number of halogens is 3. The minimum Gasteiger partial charge on any atom is -0.478 e. The van der Waals surface area contributed by atoms with Crippen LogP contribution in [0.25, 0.3) is 0 Å². The van der Waals surface area contributed by atoms with Crippen LogP contribution in [0.3, 0.4) is 0 Å². The molecular weight excluding hydrogens is 497 g/mol. The molecule has 0 aliphatic carbocycles. The van der Waals surface area contributed by atoms with E-state index in [2.05, 4.69) is 25.4 Å². The molecule has 11 heteroatoms. The van der Waals surface area contributed by atoms with Crippen molar-refractivity contribution in [3.8, 4) is 5.75 Å². The Kier molecular flexibility index (Phi) is 8.56. The van der Waals surface area contributed by atoms with Gasteiger partial charge in [-0.15, -0.1) is 11.8 Å². The van der Waals surface area contributed by atoms with E-state index in [1.165, 1.54) is 49.2 Å². The fraction of sp³-hybridized carbons (Fsp3) is 0.235. The number of nitrogens with one attached hydrogen (secondary N) is 1. The molecule has 0 aliphatic heterocycles. The van der Waals surface area contributed by atoms with Crippen LogP contribution in [-0.4, -0.2) is 40.4 Å². The van der Waals surface area contributed by atoms with Crippen molar-refractivity contribution in [2.24, 2.45) is 0 Å². The number of carbonyl (C=O) groups excluding carboxylic acids is 1. The fourth-order valence-electron chi connectivity index (χ4n) is 1.99. The quantitative estimate of drug-likeness (QED) is 0.312. The first-order valence-electron chi connectivity index (χ1n) is 7.79. The van der Waals surface area contributed by atoms with Crippen molar-refractivity contribution in [2.45, 2.75) is 9.79 Å². The Morgan fingerprint density at radius 3 is 2.57 bits per heavy atom. The molecule has 0 spiro atoms. The summed E-state index contributed by atoms with van der Waals surface area (Å²) < 4.78 is 50.9. The van der Waals surface area contributed by atoms with Crippen molar-refractivity contribution in [3.63, 3.8) is 0 Å². The van der Waals surface area contributed by atoms with Gasteiger partial charge in [-0.2, -0.15) is 0 Å². The first-order valence-corrected chi connectivity index (χ1v) is 11.4. The third-order valence-electron chi connectivity index (χ3n) is 3.32. The van der Waals surface area contributed by atoms with E-state index in [0.29, 0.717) is 20.1 Å². The molecule has 28 heavy (non-hydrogen) atoms. The number of rotatable bonds is 9. The van der Waals surface area contributed by atoms with Crippen LogP contribution in [0.15, 0.2) is 50.7 Å². The molecule has 2 rings (SSSR count). The second-order valence-corrected chi connectivity index (χ2v) is 9.51. The number of benzene rings is 2. The molecule has 0 amide bonds. The van der Waals surface area contributed by atoms with Crippen molar-refractivity contribution in [1.82, 2.24) is 4.72 Å². The van der Waals surface area contributed by atoms with Gasteiger partial charge in [-0.05, 0) is 52.3 Å². The summed E-state index contributed by atoms with van der Waals surface area (Å²) in [6.45, 7) is -0.263. The normalized spacial score (nSPS) is 11.3. The SMILES string of the molecule is COC(=O)COc1c(F)cc(SCCNS(=O)(=O)c2ccc(Cl)cc2)cc1Br. The summed E-state index contributed by atoms with van der Waals surface area (Å²) in [7, 11) is -2.44. The second kappa shape index (κ2) is 10.4. The molecule has 0 saturated heterocycles. The third kappa shape index (κ3) is 6.63. The smallest absolute Gasteiger partial charge is 0.343 e. The predicted molar refractivity (Wildman–Crippen MR) is 109 cm³/mol. The Morgan fingerprint density at radius 2 is 1.96 bits per heavy atom. The number of hydrogen-bond donors (Lipinski definition) is 1. The number of carbonyl (C=O) groups is 1. The van der Waals surface area contributed by atoms with Gasteiger partial charge >= 0.3 is 5.97 Å². The van der Waals surface area contributed by atoms with E-state index in [4.69, 9.17) is 16.3 Å². The average Bonchev–Trinajstić information content (AvgIpc) is 2.64. The minimum atomic E-state index is -3.64. The number of ether oxygens (including phenoxy) is 2. The summed E-state index contributed by atoms with van der Waals surface area (Å²) in [4.78, 5) is 11.8. The maximum absolute atomic E-state index is 14.2. The number of hydrogen-bond acceptors (Lipinski definition) is 6. The van der Waals surface area contributed by atoms with E-state index >= 15 is 0 Å². The van der Waals surface area contributed by atoms with Crippen molar-refractivity contribution in [3.05, 3.63) is 51.7 Å². The first-order chi connectivity index (χ1) is 13.2. The van der Waals surface area contributed by atoms with Crippen LogP contribution in [0.5, 0.6) is 5.75 Å². The molecule has 152 valence electrons. The van der Waals surface area contributed by atoms with Gasteiger partial charge in [0.15, 0.2) is 18.2 Å². The van der Waals surface area contributed by atoms with E-state index < -0.39 is 28.4 Å². The molecule has 0 fully saturated rings. The van der Waals surface area contributed by atoms with E-state index in [9.17, 15) is 17.6 Å². The lowest BCUT2D eigenvalue weighted by molar-refractivity contribution is -0.142. The molecule has 0 aromatic heterocycles. The number of methoxy groups -OCH3 is 1. The molecule has 0 bridgehead atoms. The highest BCUT2D eigenvalue weighted by atomic mass is 79.9. The van der Waals surface area contributed by atoms with Crippen LogP contribution in [0, 0.1) is 5.82 Å². The molecular formula is C17H16BrClFNO5S2. The monoisotopic (exact) mass is 511 g/mol. The summed E-state index contributed by atoms with van der Waals surface area (Å²) in [6, 6.07) is 8.68. The van der Waals surface area contributed by atoms with Gasteiger partial charge in [-0.3, -0.25) is 0 Å². The summed E-state index contributed by atoms with van der Waals surface area (Å²) in [6.07, 6.45) is 0. The van der Waals surface area contributed by atoms with E-state index in [0.717, 1.165) is 0 Å². The zero-order valence-electron chi connectivity index (χ0n) is 14.6. The molecule has 0 radical (unpaired) electrons. The Morgan fingerprint density at radius 1 is 1.29 bits per heavy atom. The van der Waals surface area contributed by atoms with Gasteiger partial charge < -0.3 is 9.47 Å². The number of thioether (sulfide) groups is 1. The molecule has 0 aliphatic rings. The molecule has 0 atom stereocenters. The Hall–Kier alpha value is -1.33. The first kappa shape index (κ1) is 23.0. The van der Waals surface area contributed by atoms with Gasteiger partial charge in [0.05, 0.1) is 16.5 Å². The molecule has 6 nitrogen and oxygen atoms in total. The lowest BCUT2D eigenvalue weighted by Gasteiger charge is -2.11. The van der Waals surface area contributed by atoms with E-state index in [1.54, 1.807) is 6.07 Å².